The Morgan fingerprint density at radius 2 is 2.00 bits per heavy atom. The van der Waals surface area contributed by atoms with Gasteiger partial charge in [-0.1, -0.05) is 30.0 Å². The van der Waals surface area contributed by atoms with Crippen molar-refractivity contribution in [1.82, 2.24) is 10.2 Å². The Morgan fingerprint density at radius 1 is 1.23 bits per heavy atom. The van der Waals surface area contributed by atoms with Gasteiger partial charge in [0.15, 0.2) is 0 Å². The molecule has 2 aromatic carbocycles. The second-order valence-electron chi connectivity index (χ2n) is 10.4. The van der Waals surface area contributed by atoms with E-state index in [0.29, 0.717) is 46.5 Å². The topological polar surface area (TPSA) is 53.6 Å². The molecule has 4 rings (SSSR count). The molecule has 1 aromatic heterocycles. The summed E-state index contributed by atoms with van der Waals surface area (Å²) in [4.78, 5) is 2.32. The average molecular weight is 596 g/mol. The molecule has 3 aromatic rings. The molecule has 1 fully saturated rings. The molecule has 40 heavy (non-hydrogen) atoms. The molecule has 0 radical (unpaired) electrons. The van der Waals surface area contributed by atoms with Crippen LogP contribution in [0.2, 0.25) is 0 Å². The second-order valence-corrected chi connectivity index (χ2v) is 14.7. The molecule has 1 aliphatic rings. The predicted molar refractivity (Wildman–Crippen MR) is 157 cm³/mol. The molecule has 0 spiro atoms. The number of rotatable bonds is 8. The minimum atomic E-state index is -4.39. The Morgan fingerprint density at radius 3 is 2.67 bits per heavy atom. The predicted octanol–water partition coefficient (Wildman–Crippen LogP) is 5.86. The van der Waals surface area contributed by atoms with Crippen molar-refractivity contribution in [2.45, 2.75) is 37.8 Å². The van der Waals surface area contributed by atoms with Crippen LogP contribution in [0.15, 0.2) is 36.4 Å². The Balaban J connectivity index is 1.56. The van der Waals surface area contributed by atoms with Gasteiger partial charge in [-0.05, 0) is 68.1 Å². The van der Waals surface area contributed by atoms with Crippen LogP contribution >= 0.6 is 18.5 Å². The second kappa shape index (κ2) is 12.5. The molecule has 2 heterocycles. The number of halogens is 4. The van der Waals surface area contributed by atoms with Crippen LogP contribution < -0.4 is 20.7 Å². The van der Waals surface area contributed by atoms with E-state index in [1.54, 1.807) is 43.7 Å². The third-order valence-electron chi connectivity index (χ3n) is 6.95. The number of fused-ring (bicyclic) bond motifs is 1. The van der Waals surface area contributed by atoms with E-state index < -0.39 is 25.9 Å². The molecule has 0 aliphatic carbocycles. The molecular weight excluding hydrogens is 561 g/mol. The molecule has 2 N–H and O–H groups in total. The summed E-state index contributed by atoms with van der Waals surface area (Å²) >= 11 is 1.24. The summed E-state index contributed by atoms with van der Waals surface area (Å²) in [5, 5.41) is 7.63. The Bertz CT molecular complexity index is 1460. The van der Waals surface area contributed by atoms with E-state index >= 15 is 0 Å². The van der Waals surface area contributed by atoms with Crippen molar-refractivity contribution in [3.05, 3.63) is 52.4 Å². The van der Waals surface area contributed by atoms with Crippen molar-refractivity contribution < 1.29 is 26.9 Å². The fraction of sp³-hybridized carbons (Fsp3) is 0.448. The molecule has 0 unspecified atom stereocenters. The average Bonchev–Trinajstić information content (AvgIpc) is 3.21. The molecule has 1 saturated heterocycles. The van der Waals surface area contributed by atoms with E-state index in [9.17, 15) is 22.1 Å². The highest BCUT2D eigenvalue weighted by molar-refractivity contribution is 7.70. The maximum absolute atomic E-state index is 14.5. The summed E-state index contributed by atoms with van der Waals surface area (Å²) in [6.07, 6.45) is -5.80. The van der Waals surface area contributed by atoms with Crippen LogP contribution in [-0.2, 0) is 17.5 Å². The highest BCUT2D eigenvalue weighted by atomic mass is 32.1. The van der Waals surface area contributed by atoms with Crippen molar-refractivity contribution in [2.75, 3.05) is 52.4 Å². The number of nitrogens with one attached hydrogen (secondary N) is 2. The van der Waals surface area contributed by atoms with Gasteiger partial charge >= 0.3 is 6.18 Å². The number of thiophene rings is 1. The summed E-state index contributed by atoms with van der Waals surface area (Å²) in [6, 6.07) is 10.3. The normalized spacial score (nSPS) is 18.4. The molecular formula is C29H34F4N3O2PS. The minimum absolute atomic E-state index is 0.160. The van der Waals surface area contributed by atoms with Crippen molar-refractivity contribution in [3.8, 4) is 17.6 Å². The molecule has 216 valence electrons. The number of alkyl halides is 4. The van der Waals surface area contributed by atoms with Gasteiger partial charge in [0.25, 0.3) is 0 Å². The number of nitrogens with zero attached hydrogens (tertiary/aromatic N) is 1. The number of hydrogen-bond donors (Lipinski definition) is 2. The number of likely N-dealkylation sites (tertiary alicyclic amines) is 1. The van der Waals surface area contributed by atoms with Gasteiger partial charge in [0, 0.05) is 29.1 Å². The van der Waals surface area contributed by atoms with Crippen LogP contribution in [0.25, 0.3) is 10.1 Å². The summed E-state index contributed by atoms with van der Waals surface area (Å²) in [5.74, 6) is 6.41. The number of hydrogen-bond acceptors (Lipinski definition) is 6. The molecule has 0 bridgehead atoms. The fourth-order valence-electron chi connectivity index (χ4n) is 4.80. The number of piperidine rings is 1. The SMILES string of the molecule is COc1cc(P(C)(C)=O)ccc1NCC#Cc1sc2c(CN[C@H]3CCN(C)C[C@@H]3F)cccc2c1CC(F)(F)F. The standard InChI is InChI=1S/C29H34F4N3O2PS/c1-36-14-12-24(23(30)18-36)35-17-19-7-5-8-21-22(16-29(31,32)33)27(40-28(19)21)9-6-13-34-25-11-10-20(39(3,4)37)15-26(25)38-2/h5,7-8,10-11,15,23-24,34-35H,12-14,16-18H2,1-4H3/t23-,24-/m0/s1. The van der Waals surface area contributed by atoms with Crippen LogP contribution in [0.5, 0.6) is 5.75 Å². The summed E-state index contributed by atoms with van der Waals surface area (Å²) < 4.78 is 73.7. The zero-order valence-electron chi connectivity index (χ0n) is 23.0. The first kappa shape index (κ1) is 30.4. The zero-order chi connectivity index (χ0) is 29.1. The van der Waals surface area contributed by atoms with Gasteiger partial charge in [-0.25, -0.2) is 4.39 Å². The van der Waals surface area contributed by atoms with Gasteiger partial charge in [-0.2, -0.15) is 13.2 Å². The van der Waals surface area contributed by atoms with Crippen LogP contribution in [0.4, 0.5) is 23.2 Å². The van der Waals surface area contributed by atoms with Gasteiger partial charge in [0.05, 0.1) is 30.6 Å². The lowest BCUT2D eigenvalue weighted by molar-refractivity contribution is -0.126. The van der Waals surface area contributed by atoms with E-state index in [1.165, 1.54) is 18.4 Å². The van der Waals surface area contributed by atoms with Gasteiger partial charge in [0.2, 0.25) is 0 Å². The first-order chi connectivity index (χ1) is 18.9. The van der Waals surface area contributed by atoms with Gasteiger partial charge in [0.1, 0.15) is 19.1 Å². The van der Waals surface area contributed by atoms with Crippen molar-refractivity contribution >= 4 is 39.6 Å². The quantitative estimate of drug-likeness (QED) is 0.194. The monoisotopic (exact) mass is 595 g/mol. The van der Waals surface area contributed by atoms with E-state index in [1.807, 2.05) is 18.0 Å². The molecule has 1 aliphatic heterocycles. The molecule has 5 nitrogen and oxygen atoms in total. The van der Waals surface area contributed by atoms with Crippen LogP contribution in [-0.4, -0.2) is 70.4 Å². The summed E-state index contributed by atoms with van der Waals surface area (Å²) in [5.41, 5.74) is 1.64. The number of ether oxygens (including phenoxy) is 1. The van der Waals surface area contributed by atoms with Crippen LogP contribution in [0.1, 0.15) is 22.4 Å². The van der Waals surface area contributed by atoms with E-state index in [0.717, 1.165) is 16.8 Å². The summed E-state index contributed by atoms with van der Waals surface area (Å²) in [7, 11) is 0.939. The van der Waals surface area contributed by atoms with Crippen LogP contribution in [0.3, 0.4) is 0 Å². The van der Waals surface area contributed by atoms with E-state index in [4.69, 9.17) is 4.74 Å². The molecule has 0 amide bonds. The zero-order valence-corrected chi connectivity index (χ0v) is 24.7. The maximum Gasteiger partial charge on any atom is 0.393 e. The fourth-order valence-corrected chi connectivity index (χ4v) is 6.86. The molecule has 0 saturated carbocycles. The van der Waals surface area contributed by atoms with Gasteiger partial charge in [-0.3, -0.25) is 0 Å². The first-order valence-electron chi connectivity index (χ1n) is 13.0. The first-order valence-corrected chi connectivity index (χ1v) is 16.4. The Kier molecular flexibility index (Phi) is 9.51. The van der Waals surface area contributed by atoms with Crippen molar-refractivity contribution in [2.24, 2.45) is 0 Å². The lowest BCUT2D eigenvalue weighted by atomic mass is 10.0. The van der Waals surface area contributed by atoms with Crippen LogP contribution in [0, 0.1) is 11.8 Å². The van der Waals surface area contributed by atoms with E-state index in [2.05, 4.69) is 22.5 Å². The smallest absolute Gasteiger partial charge is 0.393 e. The molecule has 11 heteroatoms. The highest BCUT2D eigenvalue weighted by Crippen LogP contribution is 2.38. The summed E-state index contributed by atoms with van der Waals surface area (Å²) in [6.45, 7) is 5.05. The Hall–Kier alpha value is -2.57. The largest absolute Gasteiger partial charge is 0.495 e. The van der Waals surface area contributed by atoms with Gasteiger partial charge < -0.3 is 24.8 Å². The van der Waals surface area contributed by atoms with Crippen molar-refractivity contribution in [3.63, 3.8) is 0 Å². The van der Waals surface area contributed by atoms with E-state index in [-0.39, 0.29) is 18.2 Å². The third-order valence-corrected chi connectivity index (χ3v) is 9.71. The minimum Gasteiger partial charge on any atom is -0.495 e. The number of methoxy groups -OCH3 is 1. The highest BCUT2D eigenvalue weighted by Gasteiger charge is 2.31. The number of anilines is 1. The Labute approximate surface area is 236 Å². The van der Waals surface area contributed by atoms with Crippen molar-refractivity contribution in [1.29, 1.82) is 0 Å². The lowest BCUT2D eigenvalue weighted by Crippen LogP contribution is -2.49. The van der Waals surface area contributed by atoms with Gasteiger partial charge in [-0.15, -0.1) is 11.3 Å². The maximum atomic E-state index is 14.5. The number of benzene rings is 2. The lowest BCUT2D eigenvalue weighted by Gasteiger charge is -2.32. The molecule has 2 atom stereocenters. The third kappa shape index (κ3) is 7.58.